The van der Waals surface area contributed by atoms with Crippen molar-refractivity contribution in [1.29, 1.82) is 0 Å². The Balaban J connectivity index is 1.93. The predicted octanol–water partition coefficient (Wildman–Crippen LogP) is 5.29. The van der Waals surface area contributed by atoms with E-state index in [1.165, 1.54) is 18.2 Å². The number of anilines is 1. The van der Waals surface area contributed by atoms with E-state index in [0.717, 1.165) is 17.0 Å². The largest absolute Gasteiger partial charge is 0.444 e. The Hall–Kier alpha value is -3.70. The Bertz CT molecular complexity index is 1270. The fourth-order valence-electron chi connectivity index (χ4n) is 4.55. The number of alkyl carbamates (subject to hydrolysis) is 1. The third kappa shape index (κ3) is 7.48. The van der Waals surface area contributed by atoms with E-state index in [1.54, 1.807) is 34.6 Å². The van der Waals surface area contributed by atoms with Crippen molar-refractivity contribution in [2.24, 2.45) is 0 Å². The van der Waals surface area contributed by atoms with E-state index in [9.17, 15) is 36.3 Å². The molecule has 3 amide bonds. The summed E-state index contributed by atoms with van der Waals surface area (Å²) < 4.78 is 74.9. The van der Waals surface area contributed by atoms with Gasteiger partial charge in [0, 0.05) is 18.5 Å². The average Bonchev–Trinajstić information content (AvgIpc) is 2.94. The molecule has 0 aliphatic carbocycles. The minimum Gasteiger partial charge on any atom is -0.444 e. The van der Waals surface area contributed by atoms with Crippen LogP contribution >= 0.6 is 0 Å². The van der Waals surface area contributed by atoms with Crippen molar-refractivity contribution in [2.45, 2.75) is 83.8 Å². The van der Waals surface area contributed by atoms with E-state index < -0.39 is 71.4 Å². The van der Waals surface area contributed by atoms with Gasteiger partial charge in [0.1, 0.15) is 29.3 Å². The predicted molar refractivity (Wildman–Crippen MR) is 138 cm³/mol. The Morgan fingerprint density at radius 1 is 1.10 bits per heavy atom. The number of benzene rings is 2. The molecule has 12 heteroatoms. The summed E-state index contributed by atoms with van der Waals surface area (Å²) in [5, 5.41) is 4.82. The molecular formula is C28H32F5N3O4. The summed E-state index contributed by atoms with van der Waals surface area (Å²) in [4.78, 5) is 40.6. The molecular weight excluding hydrogens is 537 g/mol. The van der Waals surface area contributed by atoms with Crippen LogP contribution in [-0.2, 0) is 33.3 Å². The number of alkyl halides is 3. The molecule has 218 valence electrons. The van der Waals surface area contributed by atoms with Crippen molar-refractivity contribution < 1.29 is 41.1 Å². The molecule has 1 aliphatic heterocycles. The molecule has 0 saturated carbocycles. The first-order valence-electron chi connectivity index (χ1n) is 12.7. The van der Waals surface area contributed by atoms with Crippen LogP contribution in [0.25, 0.3) is 0 Å². The van der Waals surface area contributed by atoms with Gasteiger partial charge in [0.05, 0.1) is 11.3 Å². The minimum atomic E-state index is -4.72. The molecule has 0 fully saturated rings. The van der Waals surface area contributed by atoms with Crippen LogP contribution in [0.3, 0.4) is 0 Å². The summed E-state index contributed by atoms with van der Waals surface area (Å²) in [5.41, 5.74) is -2.07. The van der Waals surface area contributed by atoms with Crippen molar-refractivity contribution in [1.82, 2.24) is 10.6 Å². The van der Waals surface area contributed by atoms with Gasteiger partial charge in [0.2, 0.25) is 11.8 Å². The van der Waals surface area contributed by atoms with E-state index in [-0.39, 0.29) is 29.7 Å². The summed E-state index contributed by atoms with van der Waals surface area (Å²) in [6.45, 7) is 7.96. The van der Waals surface area contributed by atoms with Crippen LogP contribution in [-0.4, -0.2) is 41.6 Å². The molecule has 0 aromatic heterocycles. The number of amides is 3. The highest BCUT2D eigenvalue weighted by Gasteiger charge is 2.38. The number of aryl methyl sites for hydroxylation is 1. The van der Waals surface area contributed by atoms with E-state index in [1.807, 2.05) is 0 Å². The van der Waals surface area contributed by atoms with Crippen molar-refractivity contribution in [3.05, 3.63) is 64.7 Å². The second-order valence-electron chi connectivity index (χ2n) is 10.9. The van der Waals surface area contributed by atoms with Gasteiger partial charge in [-0.1, -0.05) is 18.2 Å². The number of nitrogens with one attached hydrogen (secondary N) is 2. The monoisotopic (exact) mass is 569 g/mol. The van der Waals surface area contributed by atoms with Gasteiger partial charge in [0.15, 0.2) is 0 Å². The minimum absolute atomic E-state index is 0.0327. The van der Waals surface area contributed by atoms with Crippen LogP contribution < -0.4 is 15.5 Å². The highest BCUT2D eigenvalue weighted by Crippen LogP contribution is 2.34. The lowest BCUT2D eigenvalue weighted by molar-refractivity contribution is -0.138. The summed E-state index contributed by atoms with van der Waals surface area (Å²) >= 11 is 0. The van der Waals surface area contributed by atoms with Crippen molar-refractivity contribution in [2.75, 3.05) is 4.90 Å². The third-order valence-electron chi connectivity index (χ3n) is 6.17. The molecule has 0 saturated heterocycles. The smallest absolute Gasteiger partial charge is 0.416 e. The van der Waals surface area contributed by atoms with Crippen molar-refractivity contribution in [3.63, 3.8) is 0 Å². The van der Waals surface area contributed by atoms with Crippen LogP contribution in [0.1, 0.15) is 57.7 Å². The number of hydrogen-bond donors (Lipinski definition) is 2. The summed E-state index contributed by atoms with van der Waals surface area (Å²) in [6, 6.07) is 3.04. The highest BCUT2D eigenvalue weighted by molar-refractivity contribution is 6.01. The maximum atomic E-state index is 14.8. The zero-order valence-electron chi connectivity index (χ0n) is 22.8. The number of nitrogens with zero attached hydrogens (tertiary/aromatic N) is 1. The number of halogens is 5. The normalized spacial score (nSPS) is 16.7. The lowest BCUT2D eigenvalue weighted by Gasteiger charge is -2.31. The van der Waals surface area contributed by atoms with E-state index in [0.29, 0.717) is 6.07 Å². The van der Waals surface area contributed by atoms with Crippen LogP contribution in [0.4, 0.5) is 32.4 Å². The van der Waals surface area contributed by atoms with E-state index >= 15 is 0 Å². The van der Waals surface area contributed by atoms with Gasteiger partial charge in [-0.15, -0.1) is 0 Å². The van der Waals surface area contributed by atoms with Gasteiger partial charge in [-0.2, -0.15) is 13.2 Å². The fraction of sp³-hybridized carbons (Fsp3) is 0.464. The van der Waals surface area contributed by atoms with Gasteiger partial charge in [0.25, 0.3) is 0 Å². The second kappa shape index (κ2) is 11.8. The van der Waals surface area contributed by atoms with Gasteiger partial charge < -0.3 is 20.3 Å². The van der Waals surface area contributed by atoms with Gasteiger partial charge in [-0.25, -0.2) is 13.6 Å². The first-order valence-corrected chi connectivity index (χ1v) is 12.7. The second-order valence-corrected chi connectivity index (χ2v) is 10.9. The van der Waals surface area contributed by atoms with Crippen LogP contribution in [0.2, 0.25) is 0 Å². The molecule has 0 radical (unpaired) electrons. The summed E-state index contributed by atoms with van der Waals surface area (Å²) in [7, 11) is 0. The zero-order valence-corrected chi connectivity index (χ0v) is 22.8. The van der Waals surface area contributed by atoms with Crippen LogP contribution in [0.15, 0.2) is 36.4 Å². The Morgan fingerprint density at radius 3 is 2.35 bits per heavy atom. The average molecular weight is 570 g/mol. The lowest BCUT2D eigenvalue weighted by atomic mass is 9.98. The fourth-order valence-corrected chi connectivity index (χ4v) is 4.55. The molecule has 0 spiro atoms. The molecule has 2 aromatic carbocycles. The molecule has 40 heavy (non-hydrogen) atoms. The summed E-state index contributed by atoms with van der Waals surface area (Å²) in [6.07, 6.45) is -6.33. The van der Waals surface area contributed by atoms with Gasteiger partial charge in [-0.05, 0) is 70.7 Å². The van der Waals surface area contributed by atoms with Crippen molar-refractivity contribution >= 4 is 23.6 Å². The Labute approximate surface area is 229 Å². The first-order chi connectivity index (χ1) is 18.5. The zero-order chi connectivity index (χ0) is 30.0. The maximum Gasteiger partial charge on any atom is 0.416 e. The topological polar surface area (TPSA) is 87.7 Å². The molecule has 1 aliphatic rings. The molecule has 2 N–H and O–H groups in total. The Morgan fingerprint density at radius 2 is 1.75 bits per heavy atom. The number of ether oxygens (including phenoxy) is 1. The van der Waals surface area contributed by atoms with Crippen LogP contribution in [0, 0.1) is 11.6 Å². The molecule has 2 aromatic rings. The van der Waals surface area contributed by atoms with Gasteiger partial charge >= 0.3 is 12.3 Å². The number of hydrogen-bond acceptors (Lipinski definition) is 4. The molecule has 2 atom stereocenters. The molecule has 7 nitrogen and oxygen atoms in total. The van der Waals surface area contributed by atoms with E-state index in [2.05, 4.69) is 10.6 Å². The molecule has 3 rings (SSSR count). The first kappa shape index (κ1) is 30.8. The quantitative estimate of drug-likeness (QED) is 0.463. The standard InChI is InChI=1S/C28H32F5N3O4/c1-15(2)36-23-17(12-18(29)14-20(23)30)10-11-21(25(36)38)34-24(37)22(35-26(39)40-27(3,4)5)13-16-8-6-7-9-19(16)28(31,32)33/h6-9,12,14-15,21-22H,10-11,13H2,1-5H3,(H,34,37)(H,35,39)/t21-,22-/m1/s1. The number of rotatable bonds is 6. The molecule has 0 unspecified atom stereocenters. The van der Waals surface area contributed by atoms with Gasteiger partial charge in [-0.3, -0.25) is 9.59 Å². The lowest BCUT2D eigenvalue weighted by Crippen LogP contribution is -2.56. The van der Waals surface area contributed by atoms with Crippen molar-refractivity contribution in [3.8, 4) is 0 Å². The number of carbonyl (C=O) groups is 3. The maximum absolute atomic E-state index is 14.8. The molecule has 0 bridgehead atoms. The summed E-state index contributed by atoms with van der Waals surface area (Å²) in [5.74, 6) is -3.38. The number of carbonyl (C=O) groups excluding carboxylic acids is 3. The molecule has 1 heterocycles. The SMILES string of the molecule is CC(C)N1C(=O)[C@H](NC(=O)[C@@H](Cc2ccccc2C(F)(F)F)NC(=O)OC(C)(C)C)CCc2cc(F)cc(F)c21. The third-order valence-corrected chi connectivity index (χ3v) is 6.17. The highest BCUT2D eigenvalue weighted by atomic mass is 19.4. The van der Waals surface area contributed by atoms with Crippen LogP contribution in [0.5, 0.6) is 0 Å². The Kier molecular flexibility index (Phi) is 9.10. The number of fused-ring (bicyclic) bond motifs is 1. The van der Waals surface area contributed by atoms with E-state index in [4.69, 9.17) is 4.74 Å².